The molecule has 1 aromatic heterocycles. The number of rotatable bonds is 4. The van der Waals surface area contributed by atoms with Crippen LogP contribution in [0.25, 0.3) is 0 Å². The smallest absolute Gasteiger partial charge is 0.115 e. The van der Waals surface area contributed by atoms with Gasteiger partial charge in [-0.15, -0.1) is 11.8 Å². The lowest BCUT2D eigenvalue weighted by Gasteiger charge is -2.25. The minimum Gasteiger partial charge on any atom is -0.303 e. The third kappa shape index (κ3) is 3.65. The number of likely N-dealkylation sites (tertiary alicyclic amines) is 1. The highest BCUT2D eigenvalue weighted by atomic mass is 35.5. The van der Waals surface area contributed by atoms with E-state index >= 15 is 0 Å². The van der Waals surface area contributed by atoms with Gasteiger partial charge in [-0.2, -0.15) is 0 Å². The van der Waals surface area contributed by atoms with Crippen LogP contribution in [-0.4, -0.2) is 35.3 Å². The minimum atomic E-state index is 0.770. The van der Waals surface area contributed by atoms with Crippen molar-refractivity contribution >= 4 is 23.4 Å². The first-order valence-electron chi connectivity index (χ1n) is 5.82. The van der Waals surface area contributed by atoms with Gasteiger partial charge in [-0.1, -0.05) is 18.0 Å². The summed E-state index contributed by atoms with van der Waals surface area (Å²) >= 11 is 7.80. The Morgan fingerprint density at radius 1 is 1.31 bits per heavy atom. The van der Waals surface area contributed by atoms with Crippen LogP contribution in [-0.2, 0) is 0 Å². The van der Waals surface area contributed by atoms with E-state index in [4.69, 9.17) is 11.6 Å². The SMILES string of the molecule is Clc1cccnc1SCCN1CCCCC1. The van der Waals surface area contributed by atoms with Gasteiger partial charge in [0.25, 0.3) is 0 Å². The first-order chi connectivity index (χ1) is 7.86. The van der Waals surface area contributed by atoms with E-state index in [1.54, 1.807) is 18.0 Å². The summed E-state index contributed by atoms with van der Waals surface area (Å²) in [5.41, 5.74) is 0. The van der Waals surface area contributed by atoms with Gasteiger partial charge in [0.15, 0.2) is 0 Å². The van der Waals surface area contributed by atoms with Gasteiger partial charge in [0.05, 0.1) is 5.02 Å². The van der Waals surface area contributed by atoms with E-state index < -0.39 is 0 Å². The molecule has 1 aliphatic heterocycles. The molecule has 0 atom stereocenters. The highest BCUT2D eigenvalue weighted by Gasteiger charge is 2.10. The van der Waals surface area contributed by atoms with Crippen LogP contribution in [0.4, 0.5) is 0 Å². The molecular weight excluding hydrogens is 240 g/mol. The van der Waals surface area contributed by atoms with E-state index in [0.717, 1.165) is 22.3 Å². The molecule has 1 aliphatic rings. The van der Waals surface area contributed by atoms with E-state index in [9.17, 15) is 0 Å². The molecule has 0 N–H and O–H groups in total. The molecule has 0 bridgehead atoms. The zero-order chi connectivity index (χ0) is 11.2. The van der Waals surface area contributed by atoms with Crippen molar-refractivity contribution in [3.63, 3.8) is 0 Å². The monoisotopic (exact) mass is 256 g/mol. The molecule has 0 radical (unpaired) electrons. The Labute approximate surface area is 106 Å². The Morgan fingerprint density at radius 2 is 2.12 bits per heavy atom. The fraction of sp³-hybridized carbons (Fsp3) is 0.583. The van der Waals surface area contributed by atoms with Crippen molar-refractivity contribution in [2.45, 2.75) is 24.3 Å². The van der Waals surface area contributed by atoms with E-state index in [2.05, 4.69) is 9.88 Å². The molecule has 1 saturated heterocycles. The summed E-state index contributed by atoms with van der Waals surface area (Å²) in [5, 5.41) is 1.73. The average molecular weight is 257 g/mol. The molecule has 16 heavy (non-hydrogen) atoms. The number of pyridine rings is 1. The van der Waals surface area contributed by atoms with Crippen LogP contribution in [0.5, 0.6) is 0 Å². The summed E-state index contributed by atoms with van der Waals surface area (Å²) in [4.78, 5) is 6.81. The summed E-state index contributed by atoms with van der Waals surface area (Å²) in [5.74, 6) is 1.08. The van der Waals surface area contributed by atoms with Crippen molar-refractivity contribution in [1.82, 2.24) is 9.88 Å². The number of hydrogen-bond acceptors (Lipinski definition) is 3. The van der Waals surface area contributed by atoms with Crippen molar-refractivity contribution in [2.75, 3.05) is 25.4 Å². The predicted molar refractivity (Wildman–Crippen MR) is 70.3 cm³/mol. The molecule has 1 fully saturated rings. The van der Waals surface area contributed by atoms with Gasteiger partial charge in [0, 0.05) is 18.5 Å². The molecule has 4 heteroatoms. The Morgan fingerprint density at radius 3 is 2.88 bits per heavy atom. The molecule has 0 aliphatic carbocycles. The van der Waals surface area contributed by atoms with Gasteiger partial charge in [-0.05, 0) is 38.1 Å². The summed E-state index contributed by atoms with van der Waals surface area (Å²) in [6.45, 7) is 3.67. The zero-order valence-corrected chi connectivity index (χ0v) is 10.9. The van der Waals surface area contributed by atoms with Gasteiger partial charge < -0.3 is 4.90 Å². The van der Waals surface area contributed by atoms with Crippen LogP contribution >= 0.6 is 23.4 Å². The van der Waals surface area contributed by atoms with Crippen molar-refractivity contribution in [1.29, 1.82) is 0 Å². The molecule has 1 aromatic rings. The van der Waals surface area contributed by atoms with E-state index in [0.29, 0.717) is 0 Å². The number of halogens is 1. The van der Waals surface area contributed by atoms with Crippen molar-refractivity contribution < 1.29 is 0 Å². The highest BCUT2D eigenvalue weighted by molar-refractivity contribution is 7.99. The molecule has 2 rings (SSSR count). The summed E-state index contributed by atoms with van der Waals surface area (Å²) in [7, 11) is 0. The first-order valence-corrected chi connectivity index (χ1v) is 7.18. The third-order valence-electron chi connectivity index (χ3n) is 2.82. The van der Waals surface area contributed by atoms with E-state index in [1.165, 1.54) is 32.4 Å². The van der Waals surface area contributed by atoms with Gasteiger partial charge >= 0.3 is 0 Å². The second-order valence-electron chi connectivity index (χ2n) is 4.04. The van der Waals surface area contributed by atoms with Crippen LogP contribution < -0.4 is 0 Å². The highest BCUT2D eigenvalue weighted by Crippen LogP contribution is 2.24. The molecule has 2 nitrogen and oxygen atoms in total. The Bertz CT molecular complexity index is 327. The minimum absolute atomic E-state index is 0.770. The van der Waals surface area contributed by atoms with Crippen LogP contribution in [0, 0.1) is 0 Å². The molecule has 88 valence electrons. The summed E-state index contributed by atoms with van der Waals surface area (Å²) < 4.78 is 0. The largest absolute Gasteiger partial charge is 0.303 e. The molecule has 0 saturated carbocycles. The number of nitrogens with zero attached hydrogens (tertiary/aromatic N) is 2. The van der Waals surface area contributed by atoms with E-state index in [1.807, 2.05) is 12.1 Å². The van der Waals surface area contributed by atoms with Gasteiger partial charge in [-0.3, -0.25) is 0 Å². The standard InChI is InChI=1S/C12H17ClN2S/c13-11-5-4-6-14-12(11)16-10-9-15-7-2-1-3-8-15/h4-6H,1-3,7-10H2. The Balaban J connectivity index is 1.73. The fourth-order valence-corrected chi connectivity index (χ4v) is 3.10. The lowest BCUT2D eigenvalue weighted by molar-refractivity contribution is 0.242. The Hall–Kier alpha value is -0.250. The number of hydrogen-bond donors (Lipinski definition) is 0. The van der Waals surface area contributed by atoms with Crippen LogP contribution in [0.15, 0.2) is 23.4 Å². The maximum Gasteiger partial charge on any atom is 0.115 e. The number of aromatic nitrogens is 1. The maximum atomic E-state index is 6.05. The molecular formula is C12H17ClN2S. The molecule has 0 amide bonds. The average Bonchev–Trinajstić information content (AvgIpc) is 2.33. The normalized spacial score (nSPS) is 17.6. The van der Waals surface area contributed by atoms with Crippen molar-refractivity contribution in [2.24, 2.45) is 0 Å². The van der Waals surface area contributed by atoms with Crippen molar-refractivity contribution in [3.8, 4) is 0 Å². The second kappa shape index (κ2) is 6.48. The summed E-state index contributed by atoms with van der Waals surface area (Å²) in [6, 6.07) is 3.77. The quantitative estimate of drug-likeness (QED) is 0.769. The van der Waals surface area contributed by atoms with Crippen LogP contribution in [0.2, 0.25) is 5.02 Å². The number of thioether (sulfide) groups is 1. The van der Waals surface area contributed by atoms with Crippen LogP contribution in [0.3, 0.4) is 0 Å². The molecule has 0 aromatic carbocycles. The third-order valence-corrected chi connectivity index (χ3v) is 4.22. The molecule has 0 spiro atoms. The lowest BCUT2D eigenvalue weighted by Crippen LogP contribution is -2.31. The summed E-state index contributed by atoms with van der Waals surface area (Å²) in [6.07, 6.45) is 5.91. The Kier molecular flexibility index (Phi) is 4.94. The topological polar surface area (TPSA) is 16.1 Å². The maximum absolute atomic E-state index is 6.05. The van der Waals surface area contributed by atoms with Gasteiger partial charge in [0.1, 0.15) is 5.03 Å². The predicted octanol–water partition coefficient (Wildman–Crippen LogP) is 3.31. The van der Waals surface area contributed by atoms with E-state index in [-0.39, 0.29) is 0 Å². The fourth-order valence-electron chi connectivity index (χ4n) is 1.93. The zero-order valence-electron chi connectivity index (χ0n) is 9.36. The van der Waals surface area contributed by atoms with Gasteiger partial charge in [0.2, 0.25) is 0 Å². The van der Waals surface area contributed by atoms with Gasteiger partial charge in [-0.25, -0.2) is 4.98 Å². The molecule has 2 heterocycles. The first kappa shape index (κ1) is 12.2. The number of piperidine rings is 1. The second-order valence-corrected chi connectivity index (χ2v) is 5.53. The lowest BCUT2D eigenvalue weighted by atomic mass is 10.1. The van der Waals surface area contributed by atoms with Crippen molar-refractivity contribution in [3.05, 3.63) is 23.4 Å². The molecule has 0 unspecified atom stereocenters. The van der Waals surface area contributed by atoms with Crippen LogP contribution in [0.1, 0.15) is 19.3 Å².